The van der Waals surface area contributed by atoms with Crippen LogP contribution in [0.25, 0.3) is 11.1 Å². The Hall–Kier alpha value is -3.62. The molecule has 2 aromatic carbocycles. The van der Waals surface area contributed by atoms with Gasteiger partial charge in [0.15, 0.2) is 5.78 Å². The molecule has 2 aliphatic rings. The molecule has 32 heavy (non-hydrogen) atoms. The number of carbonyl (C=O) groups excluding carboxylic acids is 4. The number of halogens is 2. The van der Waals surface area contributed by atoms with Crippen molar-refractivity contribution in [2.45, 2.75) is 37.1 Å². The van der Waals surface area contributed by atoms with Crippen molar-refractivity contribution in [1.82, 2.24) is 10.2 Å². The number of alkyl halides is 2. The Balaban J connectivity index is 1.46. The Kier molecular flexibility index (Phi) is 5.28. The summed E-state index contributed by atoms with van der Waals surface area (Å²) < 4.78 is 27.0. The zero-order chi connectivity index (χ0) is 23.1. The highest BCUT2D eigenvalue weighted by atomic mass is 19.3. The van der Waals surface area contributed by atoms with Crippen molar-refractivity contribution in [1.29, 1.82) is 0 Å². The van der Waals surface area contributed by atoms with E-state index in [-0.39, 0.29) is 18.4 Å². The van der Waals surface area contributed by atoms with E-state index in [0.29, 0.717) is 5.56 Å². The second-order valence-corrected chi connectivity index (χ2v) is 8.21. The minimum Gasteiger partial charge on any atom is -0.366 e. The number of ketones is 1. The Morgan fingerprint density at radius 1 is 0.938 bits per heavy atom. The lowest BCUT2D eigenvalue weighted by Gasteiger charge is -2.34. The van der Waals surface area contributed by atoms with Crippen LogP contribution < -0.4 is 11.1 Å². The fraction of sp³-hybridized carbons (Fsp3) is 0.304. The minimum absolute atomic E-state index is 0.158. The van der Waals surface area contributed by atoms with E-state index in [4.69, 9.17) is 5.73 Å². The van der Waals surface area contributed by atoms with Crippen molar-refractivity contribution < 1.29 is 28.0 Å². The van der Waals surface area contributed by atoms with E-state index in [2.05, 4.69) is 5.32 Å². The molecule has 166 valence electrons. The average Bonchev–Trinajstić information content (AvgIpc) is 3.00. The Bertz CT molecular complexity index is 1100. The molecule has 0 aromatic heterocycles. The maximum Gasteiger partial charge on any atom is 0.325 e. The summed E-state index contributed by atoms with van der Waals surface area (Å²) in [5, 5.41) is 2.52. The molecule has 4 amide bonds. The lowest BCUT2D eigenvalue weighted by molar-refractivity contribution is -0.135. The van der Waals surface area contributed by atoms with Gasteiger partial charge in [0.05, 0.1) is 6.54 Å². The molecule has 1 aliphatic carbocycles. The molecule has 4 rings (SSSR count). The number of nitrogens with zero attached hydrogens (tertiary/aromatic N) is 1. The van der Waals surface area contributed by atoms with Crippen molar-refractivity contribution in [2.75, 3.05) is 6.54 Å². The highest BCUT2D eigenvalue weighted by Gasteiger charge is 2.55. The number of imide groups is 1. The number of nitrogens with two attached hydrogens (primary N) is 1. The molecule has 1 aliphatic heterocycles. The largest absolute Gasteiger partial charge is 0.366 e. The van der Waals surface area contributed by atoms with E-state index in [1.54, 1.807) is 48.5 Å². The fourth-order valence-corrected chi connectivity index (χ4v) is 4.14. The van der Waals surface area contributed by atoms with E-state index < -0.39 is 54.5 Å². The molecule has 0 atom stereocenters. The number of amides is 4. The normalized spacial score (nSPS) is 19.1. The molecule has 1 saturated carbocycles. The third-order valence-electron chi connectivity index (χ3n) is 6.07. The van der Waals surface area contributed by atoms with Gasteiger partial charge in [-0.05, 0) is 36.1 Å². The van der Waals surface area contributed by atoms with Gasteiger partial charge in [0.2, 0.25) is 11.8 Å². The molecular weight excluding hydrogens is 420 g/mol. The summed E-state index contributed by atoms with van der Waals surface area (Å²) in [6.45, 7) is -0.473. The average molecular weight is 441 g/mol. The summed E-state index contributed by atoms with van der Waals surface area (Å²) in [5.41, 5.74) is 6.09. The van der Waals surface area contributed by atoms with Crippen LogP contribution in [0.4, 0.5) is 13.6 Å². The van der Waals surface area contributed by atoms with Crippen LogP contribution in [0.1, 0.15) is 46.4 Å². The number of nitrogens with one attached hydrogen (secondary N) is 1. The van der Waals surface area contributed by atoms with Gasteiger partial charge in [-0.2, -0.15) is 0 Å². The van der Waals surface area contributed by atoms with Crippen LogP contribution in [0.15, 0.2) is 48.5 Å². The minimum atomic E-state index is -2.85. The summed E-state index contributed by atoms with van der Waals surface area (Å²) in [5.74, 6) is -4.49. The van der Waals surface area contributed by atoms with Crippen molar-refractivity contribution in [3.05, 3.63) is 59.7 Å². The third kappa shape index (κ3) is 3.98. The summed E-state index contributed by atoms with van der Waals surface area (Å²) in [6.07, 6.45) is -1.29. The van der Waals surface area contributed by atoms with Crippen LogP contribution in [0.2, 0.25) is 0 Å². The first kappa shape index (κ1) is 21.6. The van der Waals surface area contributed by atoms with Crippen molar-refractivity contribution >= 4 is 23.6 Å². The van der Waals surface area contributed by atoms with Gasteiger partial charge in [-0.25, -0.2) is 13.6 Å². The summed E-state index contributed by atoms with van der Waals surface area (Å²) >= 11 is 0. The highest BCUT2D eigenvalue weighted by molar-refractivity contribution is 6.11. The van der Waals surface area contributed by atoms with Crippen molar-refractivity contribution in [2.24, 2.45) is 5.73 Å². The predicted octanol–water partition coefficient (Wildman–Crippen LogP) is 3.14. The second kappa shape index (κ2) is 7.81. The van der Waals surface area contributed by atoms with Crippen LogP contribution in [-0.2, 0) is 4.79 Å². The number of hydrogen-bond donors (Lipinski definition) is 2. The van der Waals surface area contributed by atoms with Gasteiger partial charge in [-0.1, -0.05) is 36.4 Å². The lowest BCUT2D eigenvalue weighted by atomic mass is 9.80. The fourth-order valence-electron chi connectivity index (χ4n) is 4.14. The lowest BCUT2D eigenvalue weighted by Crippen LogP contribution is -2.51. The molecule has 2 fully saturated rings. The SMILES string of the molecule is NC(=O)c1cccc(-c2ccc(C(=O)CN3C(=O)NC4(CCC(F)(F)CC4)C3=O)cc2)c1. The van der Waals surface area contributed by atoms with Gasteiger partial charge in [0.25, 0.3) is 5.91 Å². The number of urea groups is 1. The maximum absolute atomic E-state index is 13.5. The Morgan fingerprint density at radius 2 is 1.59 bits per heavy atom. The van der Waals surface area contributed by atoms with Crippen molar-refractivity contribution in [3.63, 3.8) is 0 Å². The molecule has 7 nitrogen and oxygen atoms in total. The topological polar surface area (TPSA) is 110 Å². The molecule has 1 heterocycles. The number of hydrogen-bond acceptors (Lipinski definition) is 4. The number of primary amides is 1. The number of benzene rings is 2. The first-order valence-corrected chi connectivity index (χ1v) is 10.2. The molecule has 0 unspecified atom stereocenters. The Labute approximate surface area is 182 Å². The van der Waals surface area contributed by atoms with Crippen LogP contribution in [-0.4, -0.2) is 46.5 Å². The van der Waals surface area contributed by atoms with E-state index >= 15 is 0 Å². The summed E-state index contributed by atoms with van der Waals surface area (Å²) in [4.78, 5) is 50.0. The molecule has 0 bridgehead atoms. The van der Waals surface area contributed by atoms with Gasteiger partial charge < -0.3 is 11.1 Å². The van der Waals surface area contributed by atoms with Gasteiger partial charge in [-0.3, -0.25) is 19.3 Å². The van der Waals surface area contributed by atoms with Gasteiger partial charge in [0.1, 0.15) is 5.54 Å². The molecule has 9 heteroatoms. The van der Waals surface area contributed by atoms with E-state index in [1.165, 1.54) is 0 Å². The van der Waals surface area contributed by atoms with Crippen LogP contribution in [0, 0.1) is 0 Å². The van der Waals surface area contributed by atoms with Gasteiger partial charge in [0, 0.05) is 24.0 Å². The van der Waals surface area contributed by atoms with Crippen LogP contribution in [0.3, 0.4) is 0 Å². The molecule has 0 radical (unpaired) electrons. The Morgan fingerprint density at radius 3 is 2.22 bits per heavy atom. The monoisotopic (exact) mass is 441 g/mol. The molecule has 3 N–H and O–H groups in total. The first-order valence-electron chi connectivity index (χ1n) is 10.2. The maximum atomic E-state index is 13.5. The van der Waals surface area contributed by atoms with Crippen LogP contribution >= 0.6 is 0 Å². The molecule has 1 spiro atoms. The molecule has 2 aromatic rings. The zero-order valence-electron chi connectivity index (χ0n) is 17.1. The summed E-state index contributed by atoms with van der Waals surface area (Å²) in [7, 11) is 0. The van der Waals surface area contributed by atoms with Crippen molar-refractivity contribution in [3.8, 4) is 11.1 Å². The van der Waals surface area contributed by atoms with Crippen LogP contribution in [0.5, 0.6) is 0 Å². The number of carbonyl (C=O) groups is 4. The first-order chi connectivity index (χ1) is 15.1. The van der Waals surface area contributed by atoms with Gasteiger partial charge >= 0.3 is 6.03 Å². The van der Waals surface area contributed by atoms with E-state index in [9.17, 15) is 28.0 Å². The van der Waals surface area contributed by atoms with E-state index in [1.807, 2.05) is 0 Å². The third-order valence-corrected chi connectivity index (χ3v) is 6.07. The molecule has 1 saturated heterocycles. The highest BCUT2D eigenvalue weighted by Crippen LogP contribution is 2.41. The second-order valence-electron chi connectivity index (χ2n) is 8.21. The van der Waals surface area contributed by atoms with Gasteiger partial charge in [-0.15, -0.1) is 0 Å². The zero-order valence-corrected chi connectivity index (χ0v) is 17.1. The summed E-state index contributed by atoms with van der Waals surface area (Å²) in [6, 6.07) is 12.5. The predicted molar refractivity (Wildman–Crippen MR) is 111 cm³/mol. The number of rotatable bonds is 5. The quantitative estimate of drug-likeness (QED) is 0.549. The smallest absolute Gasteiger partial charge is 0.325 e. The molecular formula is C23H21F2N3O4. The van der Waals surface area contributed by atoms with E-state index in [0.717, 1.165) is 16.0 Å². The number of Topliss-reactive ketones (excluding diaryl/α,β-unsaturated/α-hetero) is 1. The standard InChI is InChI=1S/C23H21F2N3O4/c24-23(25)10-8-22(9-11-23)20(31)28(21(32)27-22)13-18(29)15-6-4-14(5-7-15)16-2-1-3-17(12-16)19(26)30/h1-7,12H,8-11,13H2,(H2,26,30)(H,27,32).